The lowest BCUT2D eigenvalue weighted by Crippen LogP contribution is -2.40. The molecule has 8 heteroatoms. The third-order valence-corrected chi connectivity index (χ3v) is 4.92. The first-order valence-corrected chi connectivity index (χ1v) is 9.95. The molecule has 0 saturated heterocycles. The minimum Gasteiger partial charge on any atom is -0.493 e. The number of para-hydroxylation sites is 1. The summed E-state index contributed by atoms with van der Waals surface area (Å²) in [7, 11) is 6.99. The number of methoxy groups -OCH3 is 2. The molecule has 0 atom stereocenters. The highest BCUT2D eigenvalue weighted by Crippen LogP contribution is 2.31. The Bertz CT molecular complexity index is 1100. The van der Waals surface area contributed by atoms with E-state index >= 15 is 0 Å². The van der Waals surface area contributed by atoms with E-state index in [2.05, 4.69) is 10.3 Å². The fourth-order valence-corrected chi connectivity index (χ4v) is 3.20. The van der Waals surface area contributed by atoms with Crippen LogP contribution in [0.4, 0.5) is 10.5 Å². The maximum atomic E-state index is 12.9. The highest BCUT2D eigenvalue weighted by molar-refractivity contribution is 5.89. The summed E-state index contributed by atoms with van der Waals surface area (Å²) in [5.41, 5.74) is 1.58. The number of hydrogen-bond donors (Lipinski definition) is 2. The molecule has 1 aromatic heterocycles. The molecule has 3 rings (SSSR count). The molecule has 0 saturated carbocycles. The van der Waals surface area contributed by atoms with Gasteiger partial charge in [-0.05, 0) is 38.4 Å². The molecular weight excluding hydrogens is 396 g/mol. The van der Waals surface area contributed by atoms with Gasteiger partial charge in [-0.2, -0.15) is 0 Å². The van der Waals surface area contributed by atoms with Crippen LogP contribution in [0.1, 0.15) is 5.56 Å². The van der Waals surface area contributed by atoms with E-state index in [1.54, 1.807) is 31.3 Å². The summed E-state index contributed by atoms with van der Waals surface area (Å²) < 4.78 is 10.7. The number of nitrogens with one attached hydrogen (secondary N) is 2. The van der Waals surface area contributed by atoms with Gasteiger partial charge in [-0.1, -0.05) is 18.2 Å². The van der Waals surface area contributed by atoms with Gasteiger partial charge in [0.15, 0.2) is 11.5 Å². The molecule has 8 nitrogen and oxygen atoms in total. The number of carbonyl (C=O) groups excluding carboxylic acids is 1. The van der Waals surface area contributed by atoms with E-state index in [-0.39, 0.29) is 18.1 Å². The number of anilines is 1. The number of carbonyl (C=O) groups is 1. The zero-order chi connectivity index (χ0) is 22.4. The summed E-state index contributed by atoms with van der Waals surface area (Å²) in [5.74, 6) is 1.10. The van der Waals surface area contributed by atoms with Crippen molar-refractivity contribution in [2.75, 3.05) is 46.7 Å². The second-order valence-electron chi connectivity index (χ2n) is 7.44. The Morgan fingerprint density at radius 3 is 2.32 bits per heavy atom. The van der Waals surface area contributed by atoms with Gasteiger partial charge < -0.3 is 29.6 Å². The molecule has 0 unspecified atom stereocenters. The van der Waals surface area contributed by atoms with Crippen molar-refractivity contribution >= 4 is 22.6 Å². The smallest absolute Gasteiger partial charge is 0.322 e. The predicted octanol–water partition coefficient (Wildman–Crippen LogP) is 3.14. The minimum absolute atomic E-state index is 0.173. The molecule has 2 aromatic carbocycles. The fourth-order valence-electron chi connectivity index (χ4n) is 3.20. The fraction of sp³-hybridized carbons (Fsp3) is 0.304. The van der Waals surface area contributed by atoms with Crippen LogP contribution in [0.15, 0.2) is 53.3 Å². The molecule has 0 bridgehead atoms. The normalized spacial score (nSPS) is 10.9. The number of H-pyrrole nitrogens is 1. The lowest BCUT2D eigenvalue weighted by Gasteiger charge is -2.24. The van der Waals surface area contributed by atoms with Crippen molar-refractivity contribution in [1.29, 1.82) is 0 Å². The summed E-state index contributed by atoms with van der Waals surface area (Å²) in [6.07, 6.45) is 0. The number of pyridine rings is 1. The van der Waals surface area contributed by atoms with E-state index in [4.69, 9.17) is 9.47 Å². The number of urea groups is 1. The van der Waals surface area contributed by atoms with Crippen LogP contribution in [0.3, 0.4) is 0 Å². The van der Waals surface area contributed by atoms with Crippen LogP contribution in [0.2, 0.25) is 0 Å². The van der Waals surface area contributed by atoms with Gasteiger partial charge in [0, 0.05) is 35.8 Å². The molecule has 0 aliphatic carbocycles. The van der Waals surface area contributed by atoms with E-state index in [1.807, 2.05) is 55.4 Å². The van der Waals surface area contributed by atoms with Crippen LogP contribution in [0, 0.1) is 0 Å². The number of likely N-dealkylation sites (N-methyl/N-ethyl adjacent to an activating group) is 1. The molecular formula is C23H28N4O4. The van der Waals surface area contributed by atoms with E-state index < -0.39 is 0 Å². The Balaban J connectivity index is 1.90. The van der Waals surface area contributed by atoms with Crippen molar-refractivity contribution in [3.63, 3.8) is 0 Å². The van der Waals surface area contributed by atoms with Crippen molar-refractivity contribution in [3.05, 3.63) is 64.4 Å². The van der Waals surface area contributed by atoms with Crippen molar-refractivity contribution in [2.24, 2.45) is 0 Å². The maximum absolute atomic E-state index is 12.9. The first kappa shape index (κ1) is 22.2. The monoisotopic (exact) mass is 424 g/mol. The Labute approximate surface area is 181 Å². The maximum Gasteiger partial charge on any atom is 0.322 e. The number of amides is 2. The summed E-state index contributed by atoms with van der Waals surface area (Å²) in [5, 5.41) is 3.69. The van der Waals surface area contributed by atoms with Gasteiger partial charge >= 0.3 is 6.03 Å². The molecule has 1 heterocycles. The molecule has 0 radical (unpaired) electrons. The van der Waals surface area contributed by atoms with Gasteiger partial charge in [0.1, 0.15) is 0 Å². The molecule has 0 aliphatic heterocycles. The van der Waals surface area contributed by atoms with Gasteiger partial charge in [0.05, 0.1) is 26.3 Å². The highest BCUT2D eigenvalue weighted by Gasteiger charge is 2.17. The van der Waals surface area contributed by atoms with E-state index in [9.17, 15) is 9.59 Å². The van der Waals surface area contributed by atoms with Crippen molar-refractivity contribution < 1.29 is 14.3 Å². The largest absolute Gasteiger partial charge is 0.493 e. The average molecular weight is 425 g/mol. The number of nitrogens with zero attached hydrogens (tertiary/aromatic N) is 2. The number of aromatic nitrogens is 1. The van der Waals surface area contributed by atoms with Gasteiger partial charge in [0.25, 0.3) is 5.56 Å². The van der Waals surface area contributed by atoms with Gasteiger partial charge in [-0.3, -0.25) is 4.79 Å². The quantitative estimate of drug-likeness (QED) is 0.580. The highest BCUT2D eigenvalue weighted by atomic mass is 16.5. The van der Waals surface area contributed by atoms with E-state index in [0.717, 1.165) is 5.39 Å². The average Bonchev–Trinajstić information content (AvgIpc) is 2.76. The van der Waals surface area contributed by atoms with Crippen molar-refractivity contribution in [3.8, 4) is 11.5 Å². The van der Waals surface area contributed by atoms with E-state index in [1.165, 1.54) is 0 Å². The zero-order valence-electron chi connectivity index (χ0n) is 18.3. The molecule has 3 aromatic rings. The lowest BCUT2D eigenvalue weighted by molar-refractivity contribution is 0.202. The topological polar surface area (TPSA) is 86.9 Å². The molecule has 0 aliphatic rings. The van der Waals surface area contributed by atoms with E-state index in [0.29, 0.717) is 41.4 Å². The van der Waals surface area contributed by atoms with Crippen molar-refractivity contribution in [1.82, 2.24) is 14.8 Å². The Morgan fingerprint density at radius 2 is 1.68 bits per heavy atom. The van der Waals surface area contributed by atoms with Crippen LogP contribution >= 0.6 is 0 Å². The number of rotatable bonds is 8. The summed E-state index contributed by atoms with van der Waals surface area (Å²) in [4.78, 5) is 32.2. The minimum atomic E-state index is -0.264. The predicted molar refractivity (Wildman–Crippen MR) is 122 cm³/mol. The van der Waals surface area contributed by atoms with Gasteiger partial charge in [-0.25, -0.2) is 4.79 Å². The number of aromatic amines is 1. The van der Waals surface area contributed by atoms with Crippen LogP contribution in [0.25, 0.3) is 10.9 Å². The number of fused-ring (bicyclic) bond motifs is 1. The molecule has 2 N–H and O–H groups in total. The lowest BCUT2D eigenvalue weighted by atomic mass is 10.1. The summed E-state index contributed by atoms with van der Waals surface area (Å²) in [6, 6.07) is 14.3. The number of hydrogen-bond acceptors (Lipinski definition) is 5. The Morgan fingerprint density at radius 1 is 1.00 bits per heavy atom. The number of benzene rings is 2. The SMILES string of the molecule is COc1cc2cc(CN(CCN(C)C)C(=O)Nc3ccccc3)c(=O)[nH]c2cc1OC. The summed E-state index contributed by atoms with van der Waals surface area (Å²) >= 11 is 0. The Hall–Kier alpha value is -3.52. The van der Waals surface area contributed by atoms with Crippen molar-refractivity contribution in [2.45, 2.75) is 6.54 Å². The molecule has 0 spiro atoms. The first-order chi connectivity index (χ1) is 14.9. The second-order valence-corrected chi connectivity index (χ2v) is 7.44. The van der Waals surface area contributed by atoms with Gasteiger partial charge in [-0.15, -0.1) is 0 Å². The zero-order valence-corrected chi connectivity index (χ0v) is 18.3. The molecule has 164 valence electrons. The van der Waals surface area contributed by atoms with Crippen LogP contribution in [-0.4, -0.2) is 62.2 Å². The Kier molecular flexibility index (Phi) is 7.15. The van der Waals surface area contributed by atoms with Crippen LogP contribution in [0.5, 0.6) is 11.5 Å². The number of ether oxygens (including phenoxy) is 2. The molecule has 2 amide bonds. The van der Waals surface area contributed by atoms with Crippen LogP contribution < -0.4 is 20.3 Å². The third-order valence-electron chi connectivity index (χ3n) is 4.92. The standard InChI is InChI=1S/C23H28N4O4/c1-26(2)10-11-27(23(29)24-18-8-6-5-7-9-18)15-17-12-16-13-20(30-3)21(31-4)14-19(16)25-22(17)28/h5-9,12-14H,10-11,15H2,1-4H3,(H,24,29)(H,25,28). The van der Waals surface area contributed by atoms with Gasteiger partial charge in [0.2, 0.25) is 0 Å². The summed E-state index contributed by atoms with van der Waals surface area (Å²) in [6.45, 7) is 1.31. The third kappa shape index (κ3) is 5.55. The van der Waals surface area contributed by atoms with Crippen LogP contribution in [-0.2, 0) is 6.54 Å². The molecule has 31 heavy (non-hydrogen) atoms. The second kappa shape index (κ2) is 9.99. The first-order valence-electron chi connectivity index (χ1n) is 9.95. The molecule has 0 fully saturated rings.